The number of rotatable bonds is 5. The van der Waals surface area contributed by atoms with E-state index in [0.717, 1.165) is 0 Å². The van der Waals surface area contributed by atoms with Crippen LogP contribution >= 0.6 is 23.2 Å². The molecule has 2 fully saturated rings. The summed E-state index contributed by atoms with van der Waals surface area (Å²) in [6.45, 7) is 6.08. The smallest absolute Gasteiger partial charge is 0.324 e. The van der Waals surface area contributed by atoms with Gasteiger partial charge in [-0.15, -0.1) is 0 Å². The Kier molecular flexibility index (Phi) is 5.94. The average molecular weight is 504 g/mol. The van der Waals surface area contributed by atoms with E-state index in [0.29, 0.717) is 35.7 Å². The predicted molar refractivity (Wildman–Crippen MR) is 129 cm³/mol. The lowest BCUT2D eigenvalue weighted by Gasteiger charge is -2.39. The number of halogens is 2. The Morgan fingerprint density at radius 1 is 1.09 bits per heavy atom. The summed E-state index contributed by atoms with van der Waals surface area (Å²) in [6.07, 6.45) is 1.68. The fourth-order valence-corrected chi connectivity index (χ4v) is 5.58. The molecule has 178 valence electrons. The van der Waals surface area contributed by atoms with E-state index in [9.17, 15) is 19.7 Å². The van der Waals surface area contributed by atoms with Gasteiger partial charge in [0.05, 0.1) is 37.3 Å². The number of hydrogen-bond donors (Lipinski definition) is 1. The van der Waals surface area contributed by atoms with Crippen LogP contribution < -0.4 is 5.32 Å². The number of carbonyl (C=O) groups excluding carboxylic acids is 2. The highest BCUT2D eigenvalue weighted by Crippen LogP contribution is 2.71. The lowest BCUT2D eigenvalue weighted by molar-refractivity contribution is -0.384. The van der Waals surface area contributed by atoms with Crippen molar-refractivity contribution in [1.29, 1.82) is 0 Å². The zero-order valence-electron chi connectivity index (χ0n) is 18.9. The minimum atomic E-state index is -0.772. The molecular formula is C24H23Cl2N3O5. The number of nitrogens with one attached hydrogen (secondary N) is 1. The summed E-state index contributed by atoms with van der Waals surface area (Å²) in [4.78, 5) is 41.5. The topological polar surface area (TPSA) is 111 Å². The molecule has 0 aromatic heterocycles. The van der Waals surface area contributed by atoms with Gasteiger partial charge in [0.2, 0.25) is 5.91 Å². The van der Waals surface area contributed by atoms with Crippen molar-refractivity contribution in [2.24, 2.45) is 21.4 Å². The number of fused-ring (bicyclic) bond motifs is 2. The Balaban J connectivity index is 1.57. The van der Waals surface area contributed by atoms with Crippen molar-refractivity contribution in [3.8, 4) is 0 Å². The van der Waals surface area contributed by atoms with Crippen LogP contribution in [0.25, 0.3) is 0 Å². The number of hydrogen-bond acceptors (Lipinski definition) is 6. The van der Waals surface area contributed by atoms with E-state index in [4.69, 9.17) is 28.0 Å². The third kappa shape index (κ3) is 3.56. The van der Waals surface area contributed by atoms with Crippen LogP contribution in [-0.2, 0) is 9.63 Å². The number of nitrogens with zero attached hydrogens (tertiary/aromatic N) is 2. The van der Waals surface area contributed by atoms with Crippen molar-refractivity contribution in [1.82, 2.24) is 0 Å². The number of amides is 1. The van der Waals surface area contributed by atoms with Gasteiger partial charge in [0.15, 0.2) is 0 Å². The molecule has 2 aromatic carbocycles. The SMILES string of the molecule is CC12CCC(C(=O)Nc3cccc(Cl)c3Cl)(C/C1=N\OC(=O)c1ccc([N+](=O)[O-])cc1)C2(C)C. The maximum absolute atomic E-state index is 13.6. The Labute approximate surface area is 206 Å². The maximum atomic E-state index is 13.6. The van der Waals surface area contributed by atoms with Crippen LogP contribution in [0.3, 0.4) is 0 Å². The number of oxime groups is 1. The first-order valence-corrected chi connectivity index (χ1v) is 11.5. The number of anilines is 1. The minimum Gasteiger partial charge on any atom is -0.324 e. The first-order chi connectivity index (χ1) is 15.9. The molecule has 2 saturated carbocycles. The van der Waals surface area contributed by atoms with E-state index in [1.165, 1.54) is 24.3 Å². The number of benzene rings is 2. The normalized spacial score (nSPS) is 25.9. The number of nitro groups is 1. The first-order valence-electron chi connectivity index (χ1n) is 10.7. The standard InChI is InChI=1S/C24H23Cl2N3O5/c1-22(2)23(3)11-12-24(22,21(31)27-17-6-4-5-16(25)19(17)26)13-18(23)28-34-20(30)14-7-9-15(10-8-14)29(32)33/h4-10H,11-13H2,1-3H3,(H,27,31)/b28-18+. The Bertz CT molecular complexity index is 1230. The third-order valence-electron chi connectivity index (χ3n) is 7.92. The summed E-state index contributed by atoms with van der Waals surface area (Å²) >= 11 is 12.4. The van der Waals surface area contributed by atoms with Gasteiger partial charge in [-0.05, 0) is 42.5 Å². The van der Waals surface area contributed by atoms with Crippen LogP contribution in [-0.4, -0.2) is 22.5 Å². The molecule has 8 nitrogen and oxygen atoms in total. The van der Waals surface area contributed by atoms with Crippen LogP contribution in [0.2, 0.25) is 10.0 Å². The van der Waals surface area contributed by atoms with Gasteiger partial charge in [0.1, 0.15) is 0 Å². The fourth-order valence-electron chi connectivity index (χ4n) is 5.23. The van der Waals surface area contributed by atoms with Crippen LogP contribution in [0.4, 0.5) is 11.4 Å². The molecule has 0 spiro atoms. The molecular weight excluding hydrogens is 481 g/mol. The summed E-state index contributed by atoms with van der Waals surface area (Å²) in [5, 5.41) is 18.5. The minimum absolute atomic E-state index is 0.127. The molecule has 2 unspecified atom stereocenters. The quantitative estimate of drug-likeness (QED) is 0.293. The van der Waals surface area contributed by atoms with Crippen LogP contribution in [0.1, 0.15) is 50.4 Å². The van der Waals surface area contributed by atoms with Gasteiger partial charge < -0.3 is 10.2 Å². The summed E-state index contributed by atoms with van der Waals surface area (Å²) in [7, 11) is 0. The molecule has 4 rings (SSSR count). The lowest BCUT2D eigenvalue weighted by atomic mass is 9.64. The molecule has 2 aliphatic rings. The molecule has 2 aliphatic carbocycles. The van der Waals surface area contributed by atoms with E-state index < -0.39 is 27.1 Å². The second-order valence-corrected chi connectivity index (χ2v) is 10.3. The van der Waals surface area contributed by atoms with Gasteiger partial charge >= 0.3 is 5.97 Å². The van der Waals surface area contributed by atoms with Crippen molar-refractivity contribution in [3.63, 3.8) is 0 Å². The highest BCUT2D eigenvalue weighted by Gasteiger charge is 2.71. The first kappa shape index (κ1) is 24.2. The largest absolute Gasteiger partial charge is 0.365 e. The predicted octanol–water partition coefficient (Wildman–Crippen LogP) is 6.27. The van der Waals surface area contributed by atoms with Crippen molar-refractivity contribution in [2.75, 3.05) is 5.32 Å². The van der Waals surface area contributed by atoms with Crippen molar-refractivity contribution in [3.05, 3.63) is 68.2 Å². The molecule has 2 aromatic rings. The Morgan fingerprint density at radius 2 is 1.76 bits per heavy atom. The summed E-state index contributed by atoms with van der Waals surface area (Å²) in [5.74, 6) is -0.909. The maximum Gasteiger partial charge on any atom is 0.365 e. The lowest BCUT2D eigenvalue weighted by Crippen LogP contribution is -2.43. The molecule has 0 radical (unpaired) electrons. The van der Waals surface area contributed by atoms with Gasteiger partial charge in [-0.2, -0.15) is 0 Å². The zero-order valence-corrected chi connectivity index (χ0v) is 20.4. The molecule has 1 N–H and O–H groups in total. The molecule has 0 aliphatic heterocycles. The van der Waals surface area contributed by atoms with E-state index in [1.807, 2.05) is 20.8 Å². The van der Waals surface area contributed by atoms with E-state index >= 15 is 0 Å². The van der Waals surface area contributed by atoms with Gasteiger partial charge in [0, 0.05) is 24.0 Å². The third-order valence-corrected chi connectivity index (χ3v) is 8.74. The average Bonchev–Trinajstić information content (AvgIpc) is 3.11. The Morgan fingerprint density at radius 3 is 2.41 bits per heavy atom. The van der Waals surface area contributed by atoms with Crippen LogP contribution in [0.5, 0.6) is 0 Å². The monoisotopic (exact) mass is 503 g/mol. The number of nitro benzene ring substituents is 1. The second kappa shape index (κ2) is 8.36. The summed E-state index contributed by atoms with van der Waals surface area (Å²) in [6, 6.07) is 10.1. The highest BCUT2D eigenvalue weighted by molar-refractivity contribution is 6.44. The summed E-state index contributed by atoms with van der Waals surface area (Å²) < 4.78 is 0. The molecule has 2 atom stereocenters. The molecule has 1 amide bonds. The van der Waals surface area contributed by atoms with Crippen LogP contribution in [0.15, 0.2) is 47.6 Å². The number of carbonyl (C=O) groups is 2. The van der Waals surface area contributed by atoms with Gasteiger partial charge in [-0.25, -0.2) is 4.79 Å². The van der Waals surface area contributed by atoms with Crippen LogP contribution in [0, 0.1) is 26.4 Å². The van der Waals surface area contributed by atoms with Gasteiger partial charge in [-0.1, -0.05) is 55.2 Å². The summed E-state index contributed by atoms with van der Waals surface area (Å²) in [5.41, 5.74) is -0.624. The van der Waals surface area contributed by atoms with E-state index in [2.05, 4.69) is 10.5 Å². The molecule has 10 heteroatoms. The zero-order chi connectivity index (χ0) is 24.9. The Hall–Kier alpha value is -2.97. The van der Waals surface area contributed by atoms with Crippen molar-refractivity contribution >= 4 is 52.2 Å². The van der Waals surface area contributed by atoms with E-state index in [-0.39, 0.29) is 22.2 Å². The van der Waals surface area contributed by atoms with Crippen molar-refractivity contribution in [2.45, 2.75) is 40.0 Å². The van der Waals surface area contributed by atoms with Gasteiger partial charge in [0.25, 0.3) is 5.69 Å². The second-order valence-electron chi connectivity index (χ2n) is 9.49. The molecule has 0 saturated heterocycles. The van der Waals surface area contributed by atoms with Gasteiger partial charge in [-0.3, -0.25) is 14.9 Å². The molecule has 0 heterocycles. The fraction of sp³-hybridized carbons (Fsp3) is 0.375. The van der Waals surface area contributed by atoms with E-state index in [1.54, 1.807) is 18.2 Å². The molecule has 34 heavy (non-hydrogen) atoms. The molecule has 2 bridgehead atoms. The van der Waals surface area contributed by atoms with Crippen molar-refractivity contribution < 1.29 is 19.3 Å². The number of non-ortho nitro benzene ring substituents is 1. The highest BCUT2D eigenvalue weighted by atomic mass is 35.5.